The Labute approximate surface area is 84.2 Å². The number of hydrogen-bond acceptors (Lipinski definition) is 3. The Bertz CT molecular complexity index is 304. The fraction of sp³-hybridized carbons (Fsp3) is 0.636. The first-order chi connectivity index (χ1) is 6.86. The molecule has 2 aliphatic rings. The smallest absolute Gasteiger partial charge is 0.123 e. The van der Waals surface area contributed by atoms with Crippen LogP contribution in [0.1, 0.15) is 25.7 Å². The summed E-state index contributed by atoms with van der Waals surface area (Å²) in [5.74, 6) is 1.11. The molecule has 0 aromatic rings. The molecule has 1 saturated carbocycles. The molecular formula is C11H16N2O. The molecular weight excluding hydrogens is 176 g/mol. The van der Waals surface area contributed by atoms with Crippen LogP contribution < -0.4 is 0 Å². The maximum atomic E-state index is 8.84. The summed E-state index contributed by atoms with van der Waals surface area (Å²) in [7, 11) is 1.78. The monoisotopic (exact) mass is 192 g/mol. The van der Waals surface area contributed by atoms with Crippen molar-refractivity contribution in [1.82, 2.24) is 0 Å². The van der Waals surface area contributed by atoms with Gasteiger partial charge in [-0.25, -0.2) is 0 Å². The van der Waals surface area contributed by atoms with Gasteiger partial charge in [0.05, 0.1) is 5.71 Å². The summed E-state index contributed by atoms with van der Waals surface area (Å²) < 4.78 is 0. The van der Waals surface area contributed by atoms with Gasteiger partial charge in [-0.2, -0.15) is 0 Å². The molecule has 0 heterocycles. The van der Waals surface area contributed by atoms with Gasteiger partial charge in [-0.15, -0.1) is 0 Å². The van der Waals surface area contributed by atoms with E-state index in [1.54, 1.807) is 7.05 Å². The van der Waals surface area contributed by atoms with Gasteiger partial charge in [0.15, 0.2) is 0 Å². The normalized spacial score (nSPS) is 37.5. The summed E-state index contributed by atoms with van der Waals surface area (Å²) >= 11 is 0. The number of rotatable bonds is 0. The third kappa shape index (κ3) is 1.47. The Morgan fingerprint density at radius 2 is 2.14 bits per heavy atom. The van der Waals surface area contributed by atoms with Crippen LogP contribution in [0.4, 0.5) is 0 Å². The van der Waals surface area contributed by atoms with E-state index in [4.69, 9.17) is 5.21 Å². The highest BCUT2D eigenvalue weighted by Crippen LogP contribution is 2.34. The van der Waals surface area contributed by atoms with Crippen LogP contribution in [0.25, 0.3) is 0 Å². The SMILES string of the molecule is CN=C1/C(=N/O)C=C[C@@H]2CCCC[C@@H]12. The van der Waals surface area contributed by atoms with Crippen molar-refractivity contribution in [3.63, 3.8) is 0 Å². The molecule has 0 spiro atoms. The van der Waals surface area contributed by atoms with E-state index in [0.717, 1.165) is 5.71 Å². The van der Waals surface area contributed by atoms with Crippen LogP contribution in [0, 0.1) is 11.8 Å². The Balaban J connectivity index is 2.32. The molecule has 76 valence electrons. The van der Waals surface area contributed by atoms with Crippen LogP contribution in [0.2, 0.25) is 0 Å². The van der Waals surface area contributed by atoms with Crippen LogP contribution in [-0.2, 0) is 0 Å². The van der Waals surface area contributed by atoms with Gasteiger partial charge in [0.25, 0.3) is 0 Å². The molecule has 2 atom stereocenters. The highest BCUT2D eigenvalue weighted by molar-refractivity contribution is 6.47. The molecule has 0 unspecified atom stereocenters. The average molecular weight is 192 g/mol. The Morgan fingerprint density at radius 3 is 2.86 bits per heavy atom. The second-order valence-corrected chi connectivity index (χ2v) is 4.01. The van der Waals surface area contributed by atoms with Gasteiger partial charge >= 0.3 is 0 Å². The predicted octanol–water partition coefficient (Wildman–Crippen LogP) is 2.26. The van der Waals surface area contributed by atoms with Crippen LogP contribution in [0.5, 0.6) is 0 Å². The van der Waals surface area contributed by atoms with Crippen molar-refractivity contribution in [3.8, 4) is 0 Å². The molecule has 0 bridgehead atoms. The summed E-state index contributed by atoms with van der Waals surface area (Å²) in [5.41, 5.74) is 1.63. The van der Waals surface area contributed by atoms with Crippen LogP contribution in [0.3, 0.4) is 0 Å². The lowest BCUT2D eigenvalue weighted by Crippen LogP contribution is -2.34. The molecule has 14 heavy (non-hydrogen) atoms. The lowest BCUT2D eigenvalue weighted by molar-refractivity contribution is 0.317. The lowest BCUT2D eigenvalue weighted by atomic mass is 9.72. The zero-order valence-electron chi connectivity index (χ0n) is 8.48. The second kappa shape index (κ2) is 3.95. The molecule has 0 radical (unpaired) electrons. The highest BCUT2D eigenvalue weighted by Gasteiger charge is 2.32. The van der Waals surface area contributed by atoms with E-state index in [1.807, 2.05) is 6.08 Å². The molecule has 0 aromatic carbocycles. The van der Waals surface area contributed by atoms with Crippen molar-refractivity contribution in [2.75, 3.05) is 7.05 Å². The number of nitrogens with zero attached hydrogens (tertiary/aromatic N) is 2. The van der Waals surface area contributed by atoms with Gasteiger partial charge in [0.1, 0.15) is 5.71 Å². The van der Waals surface area contributed by atoms with E-state index in [0.29, 0.717) is 17.5 Å². The molecule has 0 aromatic heterocycles. The van der Waals surface area contributed by atoms with Crippen molar-refractivity contribution in [1.29, 1.82) is 0 Å². The van der Waals surface area contributed by atoms with Crippen molar-refractivity contribution in [2.45, 2.75) is 25.7 Å². The van der Waals surface area contributed by atoms with E-state index in [2.05, 4.69) is 16.2 Å². The molecule has 0 aliphatic heterocycles. The minimum atomic E-state index is 0.490. The molecule has 0 saturated heterocycles. The highest BCUT2D eigenvalue weighted by atomic mass is 16.4. The van der Waals surface area contributed by atoms with E-state index < -0.39 is 0 Å². The summed E-state index contributed by atoms with van der Waals surface area (Å²) in [4.78, 5) is 4.26. The summed E-state index contributed by atoms with van der Waals surface area (Å²) in [6, 6.07) is 0. The molecule has 1 fully saturated rings. The summed E-state index contributed by atoms with van der Waals surface area (Å²) in [5, 5.41) is 12.1. The molecule has 1 N–H and O–H groups in total. The number of oxime groups is 1. The molecule has 3 heteroatoms. The summed E-state index contributed by atoms with van der Waals surface area (Å²) in [6.45, 7) is 0. The van der Waals surface area contributed by atoms with Crippen molar-refractivity contribution in [2.24, 2.45) is 22.0 Å². The quantitative estimate of drug-likeness (QED) is 0.464. The largest absolute Gasteiger partial charge is 0.410 e. The lowest BCUT2D eigenvalue weighted by Gasteiger charge is -2.33. The zero-order valence-corrected chi connectivity index (χ0v) is 8.48. The Hall–Kier alpha value is -1.12. The molecule has 3 nitrogen and oxygen atoms in total. The minimum Gasteiger partial charge on any atom is -0.410 e. The molecule has 2 aliphatic carbocycles. The average Bonchev–Trinajstić information content (AvgIpc) is 2.27. The van der Waals surface area contributed by atoms with Gasteiger partial charge in [0, 0.05) is 13.0 Å². The first-order valence-electron chi connectivity index (χ1n) is 5.24. The maximum absolute atomic E-state index is 8.84. The van der Waals surface area contributed by atoms with Crippen LogP contribution in [-0.4, -0.2) is 23.7 Å². The minimum absolute atomic E-state index is 0.490. The topological polar surface area (TPSA) is 45.0 Å². The summed E-state index contributed by atoms with van der Waals surface area (Å²) in [6.07, 6.45) is 9.09. The number of aliphatic imine (C=N–C) groups is 1. The van der Waals surface area contributed by atoms with Crippen molar-refractivity contribution < 1.29 is 5.21 Å². The zero-order chi connectivity index (χ0) is 9.97. The number of hydrogen-bond donors (Lipinski definition) is 1. The van der Waals surface area contributed by atoms with Crippen molar-refractivity contribution in [3.05, 3.63) is 12.2 Å². The first-order valence-corrected chi connectivity index (χ1v) is 5.24. The van der Waals surface area contributed by atoms with E-state index >= 15 is 0 Å². The van der Waals surface area contributed by atoms with E-state index in [1.165, 1.54) is 25.7 Å². The predicted molar refractivity (Wildman–Crippen MR) is 57.2 cm³/mol. The Kier molecular flexibility index (Phi) is 2.66. The standard InChI is InChI=1S/C11H16N2O/c1-12-11-9-5-3-2-4-8(9)6-7-10(11)13-14/h6-9,14H,2-5H2,1H3/b12-11?,13-10+/t8-,9+/m0/s1. The van der Waals surface area contributed by atoms with Gasteiger partial charge in [-0.3, -0.25) is 4.99 Å². The fourth-order valence-corrected chi connectivity index (χ4v) is 2.58. The first kappa shape index (κ1) is 9.44. The third-order valence-electron chi connectivity index (χ3n) is 3.28. The van der Waals surface area contributed by atoms with Gasteiger partial charge in [-0.1, -0.05) is 24.1 Å². The van der Waals surface area contributed by atoms with E-state index in [-0.39, 0.29) is 0 Å². The van der Waals surface area contributed by atoms with Crippen LogP contribution >= 0.6 is 0 Å². The van der Waals surface area contributed by atoms with Gasteiger partial charge in [-0.05, 0) is 24.8 Å². The Morgan fingerprint density at radius 1 is 1.36 bits per heavy atom. The number of fused-ring (bicyclic) bond motifs is 1. The van der Waals surface area contributed by atoms with Gasteiger partial charge < -0.3 is 5.21 Å². The second-order valence-electron chi connectivity index (χ2n) is 4.01. The fourth-order valence-electron chi connectivity index (χ4n) is 2.58. The third-order valence-corrected chi connectivity index (χ3v) is 3.28. The van der Waals surface area contributed by atoms with Crippen molar-refractivity contribution >= 4 is 11.4 Å². The number of allylic oxidation sites excluding steroid dienone is 2. The van der Waals surface area contributed by atoms with Gasteiger partial charge in [0.2, 0.25) is 0 Å². The van der Waals surface area contributed by atoms with E-state index in [9.17, 15) is 0 Å². The molecule has 2 rings (SSSR count). The molecule has 0 amide bonds. The maximum Gasteiger partial charge on any atom is 0.123 e. The van der Waals surface area contributed by atoms with Crippen LogP contribution in [0.15, 0.2) is 22.3 Å².